The Morgan fingerprint density at radius 1 is 1.26 bits per heavy atom. The van der Waals surface area contributed by atoms with E-state index >= 15 is 0 Å². The highest BCUT2D eigenvalue weighted by Gasteiger charge is 2.26. The van der Waals surface area contributed by atoms with Gasteiger partial charge < -0.3 is 14.4 Å². The lowest BCUT2D eigenvalue weighted by Gasteiger charge is -2.32. The van der Waals surface area contributed by atoms with E-state index in [4.69, 9.17) is 9.47 Å². The van der Waals surface area contributed by atoms with Crippen molar-refractivity contribution in [3.8, 4) is 0 Å². The lowest BCUT2D eigenvalue weighted by Crippen LogP contribution is -2.47. The molecular weight excluding hydrogens is 366 g/mol. The van der Waals surface area contributed by atoms with Gasteiger partial charge in [0, 0.05) is 12.7 Å². The van der Waals surface area contributed by atoms with Crippen molar-refractivity contribution in [2.24, 2.45) is 0 Å². The topological polar surface area (TPSA) is 73.7 Å². The zero-order chi connectivity index (χ0) is 18.6. The second kappa shape index (κ2) is 7.89. The zero-order valence-electron chi connectivity index (χ0n) is 14.6. The van der Waals surface area contributed by atoms with E-state index in [1.807, 2.05) is 30.3 Å². The van der Waals surface area contributed by atoms with Gasteiger partial charge in [0.15, 0.2) is 0 Å². The highest BCUT2D eigenvalue weighted by Crippen LogP contribution is 2.16. The molecule has 1 unspecified atom stereocenters. The van der Waals surface area contributed by atoms with Gasteiger partial charge in [-0.2, -0.15) is 0 Å². The van der Waals surface area contributed by atoms with Gasteiger partial charge in [0.25, 0.3) is 5.56 Å². The van der Waals surface area contributed by atoms with Crippen LogP contribution in [0.25, 0.3) is 10.2 Å². The highest BCUT2D eigenvalue weighted by atomic mass is 32.1. The van der Waals surface area contributed by atoms with E-state index in [1.54, 1.807) is 27.2 Å². The number of fused-ring (bicyclic) bond motifs is 1. The maximum atomic E-state index is 12.4. The highest BCUT2D eigenvalue weighted by molar-refractivity contribution is 7.13. The molecule has 0 aliphatic carbocycles. The fourth-order valence-electron chi connectivity index (χ4n) is 3.02. The average molecular weight is 385 g/mol. The van der Waals surface area contributed by atoms with Crippen LogP contribution >= 0.6 is 11.5 Å². The summed E-state index contributed by atoms with van der Waals surface area (Å²) in [6.45, 7) is 1.92. The summed E-state index contributed by atoms with van der Waals surface area (Å²) >= 11 is 1.31. The molecule has 2 aromatic heterocycles. The molecule has 1 atom stereocenters. The number of hydrogen-bond donors (Lipinski definition) is 0. The van der Waals surface area contributed by atoms with E-state index in [1.165, 1.54) is 11.5 Å². The molecule has 3 heterocycles. The first kappa shape index (κ1) is 17.7. The summed E-state index contributed by atoms with van der Waals surface area (Å²) in [6.07, 6.45) is 1.05. The molecule has 1 aliphatic rings. The molecule has 0 saturated carbocycles. The van der Waals surface area contributed by atoms with Crippen LogP contribution in [0.4, 0.5) is 4.79 Å². The van der Waals surface area contributed by atoms with Crippen LogP contribution in [0, 0.1) is 0 Å². The van der Waals surface area contributed by atoms with E-state index in [-0.39, 0.29) is 24.4 Å². The number of hydrogen-bond acceptors (Lipinski definition) is 6. The number of morpholine rings is 1. The predicted molar refractivity (Wildman–Crippen MR) is 102 cm³/mol. The van der Waals surface area contributed by atoms with Crippen LogP contribution < -0.4 is 5.56 Å². The molecule has 140 valence electrons. The molecule has 1 saturated heterocycles. The van der Waals surface area contributed by atoms with Crippen molar-refractivity contribution < 1.29 is 14.3 Å². The zero-order valence-corrected chi connectivity index (χ0v) is 15.4. The Hall–Kier alpha value is -2.71. The molecule has 1 aliphatic heterocycles. The van der Waals surface area contributed by atoms with Crippen LogP contribution in [0.3, 0.4) is 0 Å². The van der Waals surface area contributed by atoms with Gasteiger partial charge >= 0.3 is 6.09 Å². The Kier molecular flexibility index (Phi) is 5.17. The van der Waals surface area contributed by atoms with Crippen molar-refractivity contribution in [1.29, 1.82) is 0 Å². The van der Waals surface area contributed by atoms with Gasteiger partial charge in [-0.1, -0.05) is 30.3 Å². The van der Waals surface area contributed by atoms with Gasteiger partial charge in [0.2, 0.25) is 0 Å². The fraction of sp³-hybridized carbons (Fsp3) is 0.316. The van der Waals surface area contributed by atoms with Crippen LogP contribution in [-0.2, 0) is 22.6 Å². The van der Waals surface area contributed by atoms with Crippen molar-refractivity contribution in [3.63, 3.8) is 0 Å². The third-order valence-electron chi connectivity index (χ3n) is 4.40. The number of ether oxygens (including phenoxy) is 2. The summed E-state index contributed by atoms with van der Waals surface area (Å²) in [5.74, 6) is 0. The van der Waals surface area contributed by atoms with Gasteiger partial charge in [-0.25, -0.2) is 9.78 Å². The number of benzene rings is 1. The lowest BCUT2D eigenvalue weighted by atomic mass is 10.2. The van der Waals surface area contributed by atoms with Crippen LogP contribution in [-0.4, -0.2) is 45.7 Å². The number of rotatable bonds is 4. The molecule has 0 spiro atoms. The molecule has 0 N–H and O–H groups in total. The molecular formula is C19H19N3O4S. The Labute approximate surface area is 159 Å². The van der Waals surface area contributed by atoms with Crippen LogP contribution in [0.5, 0.6) is 0 Å². The van der Waals surface area contributed by atoms with Gasteiger partial charge in [-0.3, -0.25) is 8.75 Å². The molecule has 4 rings (SSSR count). The SMILES string of the molecule is O=C(OCc1ccccc1)N1CCOC(Cn2sc3ncccc3c2=O)C1. The second-order valence-corrected chi connectivity index (χ2v) is 7.30. The largest absolute Gasteiger partial charge is 0.445 e. The Morgan fingerprint density at radius 3 is 2.93 bits per heavy atom. The molecule has 27 heavy (non-hydrogen) atoms. The summed E-state index contributed by atoms with van der Waals surface area (Å²) in [7, 11) is 0. The number of pyridine rings is 1. The summed E-state index contributed by atoms with van der Waals surface area (Å²) in [5.41, 5.74) is 0.871. The van der Waals surface area contributed by atoms with Crippen molar-refractivity contribution >= 4 is 27.8 Å². The molecule has 3 aromatic rings. The summed E-state index contributed by atoms with van der Waals surface area (Å²) < 4.78 is 12.8. The van der Waals surface area contributed by atoms with Crippen molar-refractivity contribution in [2.75, 3.05) is 19.7 Å². The second-order valence-electron chi connectivity index (χ2n) is 6.29. The van der Waals surface area contributed by atoms with Gasteiger partial charge in [0.1, 0.15) is 11.4 Å². The minimum atomic E-state index is -0.363. The Balaban J connectivity index is 1.38. The van der Waals surface area contributed by atoms with Crippen molar-refractivity contribution in [3.05, 3.63) is 64.6 Å². The quantitative estimate of drug-likeness (QED) is 0.690. The minimum absolute atomic E-state index is 0.0736. The Bertz CT molecular complexity index is 985. The first-order valence-electron chi connectivity index (χ1n) is 8.73. The lowest BCUT2D eigenvalue weighted by molar-refractivity contribution is -0.0341. The monoisotopic (exact) mass is 385 g/mol. The van der Waals surface area contributed by atoms with E-state index in [9.17, 15) is 9.59 Å². The predicted octanol–water partition coefficient (Wildman–Crippen LogP) is 2.50. The minimum Gasteiger partial charge on any atom is -0.445 e. The van der Waals surface area contributed by atoms with E-state index in [0.29, 0.717) is 36.5 Å². The molecule has 1 amide bonds. The first-order chi connectivity index (χ1) is 13.2. The van der Waals surface area contributed by atoms with Crippen LogP contribution in [0.15, 0.2) is 53.5 Å². The van der Waals surface area contributed by atoms with E-state index in [0.717, 1.165) is 5.56 Å². The summed E-state index contributed by atoms with van der Waals surface area (Å²) in [5, 5.41) is 0.609. The van der Waals surface area contributed by atoms with E-state index in [2.05, 4.69) is 4.98 Å². The molecule has 0 bridgehead atoms. The normalized spacial score (nSPS) is 17.2. The molecule has 8 heteroatoms. The standard InChI is InChI=1S/C19H19N3O4S/c23-18-16-7-4-8-20-17(16)27-22(18)12-15-11-21(9-10-25-15)19(24)26-13-14-5-2-1-3-6-14/h1-8,15H,9-13H2. The smallest absolute Gasteiger partial charge is 0.410 e. The molecule has 7 nitrogen and oxygen atoms in total. The number of aromatic nitrogens is 2. The maximum Gasteiger partial charge on any atom is 0.410 e. The van der Waals surface area contributed by atoms with Crippen molar-refractivity contribution in [1.82, 2.24) is 13.8 Å². The first-order valence-corrected chi connectivity index (χ1v) is 9.50. The molecule has 1 aromatic carbocycles. The van der Waals surface area contributed by atoms with E-state index < -0.39 is 0 Å². The number of carbonyl (C=O) groups is 1. The summed E-state index contributed by atoms with van der Waals surface area (Å²) in [4.78, 5) is 31.4. The van der Waals surface area contributed by atoms with Gasteiger partial charge in [-0.15, -0.1) is 0 Å². The number of nitrogens with zero attached hydrogens (tertiary/aromatic N) is 3. The Morgan fingerprint density at radius 2 is 2.11 bits per heavy atom. The van der Waals surface area contributed by atoms with Crippen LogP contribution in [0.2, 0.25) is 0 Å². The molecule has 1 fully saturated rings. The third kappa shape index (κ3) is 4.01. The van der Waals surface area contributed by atoms with Gasteiger partial charge in [-0.05, 0) is 29.2 Å². The van der Waals surface area contributed by atoms with Gasteiger partial charge in [0.05, 0.1) is 31.2 Å². The summed E-state index contributed by atoms with van der Waals surface area (Å²) in [6, 6.07) is 13.1. The third-order valence-corrected chi connectivity index (χ3v) is 5.43. The van der Waals surface area contributed by atoms with Crippen molar-refractivity contribution in [2.45, 2.75) is 19.3 Å². The fourth-order valence-corrected chi connectivity index (χ4v) is 4.01. The number of amides is 1. The number of carbonyl (C=O) groups excluding carboxylic acids is 1. The average Bonchev–Trinajstić information content (AvgIpc) is 3.03. The molecule has 0 radical (unpaired) electrons. The maximum absolute atomic E-state index is 12.4. The van der Waals surface area contributed by atoms with Crippen LogP contribution in [0.1, 0.15) is 5.56 Å².